The molecule has 1 saturated heterocycles. The molecule has 0 aromatic rings. The van der Waals surface area contributed by atoms with Crippen LogP contribution >= 0.6 is 0 Å². The van der Waals surface area contributed by atoms with E-state index in [4.69, 9.17) is 9.29 Å². The van der Waals surface area contributed by atoms with Crippen molar-refractivity contribution in [3.63, 3.8) is 0 Å². The Kier molecular flexibility index (Phi) is 7.35. The van der Waals surface area contributed by atoms with Crippen molar-refractivity contribution in [2.75, 3.05) is 18.8 Å². The lowest BCUT2D eigenvalue weighted by atomic mass is 9.96. The first-order chi connectivity index (χ1) is 13.2. The highest BCUT2D eigenvalue weighted by Gasteiger charge is 2.76. The zero-order valence-corrected chi connectivity index (χ0v) is 16.9. The average Bonchev–Trinajstić information content (AvgIpc) is 2.49. The lowest BCUT2D eigenvalue weighted by Crippen LogP contribution is -2.64. The van der Waals surface area contributed by atoms with Crippen LogP contribution < -0.4 is 0 Å². The normalized spacial score (nSPS) is 17.6. The fourth-order valence-electron chi connectivity index (χ4n) is 2.61. The fourth-order valence-corrected chi connectivity index (χ4v) is 3.51. The summed E-state index contributed by atoms with van der Waals surface area (Å²) >= 11 is 0. The van der Waals surface area contributed by atoms with Crippen LogP contribution in [0.4, 0.5) is 31.1 Å². The van der Waals surface area contributed by atoms with Gasteiger partial charge in [-0.1, -0.05) is 0 Å². The minimum atomic E-state index is -6.38. The molecule has 30 heavy (non-hydrogen) atoms. The van der Waals surface area contributed by atoms with E-state index in [-0.39, 0.29) is 25.9 Å². The molecule has 0 bridgehead atoms. The number of hydrogen-bond acceptors (Lipinski definition) is 6. The van der Waals surface area contributed by atoms with E-state index in [1.807, 2.05) is 0 Å². The number of nitrogens with zero attached hydrogens (tertiary/aromatic N) is 1. The van der Waals surface area contributed by atoms with Gasteiger partial charge in [0.05, 0.1) is 5.92 Å². The molecule has 1 rings (SSSR count). The van der Waals surface area contributed by atoms with E-state index < -0.39 is 57.4 Å². The van der Waals surface area contributed by atoms with Crippen LogP contribution in [0, 0.1) is 5.92 Å². The van der Waals surface area contributed by atoms with E-state index in [0.29, 0.717) is 0 Å². The van der Waals surface area contributed by atoms with Gasteiger partial charge in [0.2, 0.25) is 0 Å². The number of piperidine rings is 1. The van der Waals surface area contributed by atoms with Crippen molar-refractivity contribution in [3.05, 3.63) is 0 Å². The third-order valence-electron chi connectivity index (χ3n) is 4.06. The molecule has 0 aromatic heterocycles. The zero-order valence-electron chi connectivity index (χ0n) is 16.1. The van der Waals surface area contributed by atoms with E-state index in [9.17, 15) is 44.3 Å². The first kappa shape index (κ1) is 26.3. The Morgan fingerprint density at radius 2 is 1.40 bits per heavy atom. The molecule has 1 aliphatic rings. The van der Waals surface area contributed by atoms with E-state index in [1.165, 1.54) is 0 Å². The van der Waals surface area contributed by atoms with Gasteiger partial charge in [0.1, 0.15) is 11.4 Å². The van der Waals surface area contributed by atoms with Gasteiger partial charge in [-0.05, 0) is 33.6 Å². The Labute approximate surface area is 168 Å². The summed E-state index contributed by atoms with van der Waals surface area (Å²) in [4.78, 5) is 25.1. The standard InChI is InChI=1S/C15H21F6NO7S/c1-12(2,3)29-11(24)22-6-4-9(5-7-22)10(23)28-13(14(16,17)18,15(19,20)21)8-30(25,26)27/h9H,4-8H2,1-3H3,(H,25,26,27). The molecule has 0 radical (unpaired) electrons. The van der Waals surface area contributed by atoms with Crippen LogP contribution in [0.1, 0.15) is 33.6 Å². The van der Waals surface area contributed by atoms with Crippen LogP contribution in [0.3, 0.4) is 0 Å². The summed E-state index contributed by atoms with van der Waals surface area (Å²) in [6.45, 7) is 4.32. The Morgan fingerprint density at radius 1 is 0.967 bits per heavy atom. The SMILES string of the molecule is CC(C)(C)OC(=O)N1CCC(C(=O)OC(CS(=O)(=O)O)(C(F)(F)F)C(F)(F)F)CC1. The van der Waals surface area contributed by atoms with E-state index in [2.05, 4.69) is 4.74 Å². The molecule has 0 atom stereocenters. The Bertz CT molecular complexity index is 735. The second kappa shape index (κ2) is 8.40. The molecule has 1 fully saturated rings. The maximum atomic E-state index is 13.2. The molecule has 0 aliphatic carbocycles. The molecular weight excluding hydrogens is 452 g/mol. The predicted octanol–water partition coefficient (Wildman–Crippen LogP) is 2.93. The van der Waals surface area contributed by atoms with Gasteiger partial charge in [0.15, 0.2) is 0 Å². The molecule has 15 heteroatoms. The Hall–Kier alpha value is -1.77. The number of rotatable bonds is 4. The van der Waals surface area contributed by atoms with Crippen molar-refractivity contribution in [2.45, 2.75) is 57.2 Å². The van der Waals surface area contributed by atoms with Crippen LogP contribution in [-0.2, 0) is 24.4 Å². The number of carbonyl (C=O) groups is 2. The van der Waals surface area contributed by atoms with Gasteiger partial charge in [-0.2, -0.15) is 34.8 Å². The van der Waals surface area contributed by atoms with Gasteiger partial charge < -0.3 is 14.4 Å². The molecule has 0 aromatic carbocycles. The molecule has 1 amide bonds. The lowest BCUT2D eigenvalue weighted by Gasteiger charge is -2.38. The molecule has 0 saturated carbocycles. The highest BCUT2D eigenvalue weighted by molar-refractivity contribution is 7.85. The summed E-state index contributed by atoms with van der Waals surface area (Å²) in [5.74, 6) is -6.35. The minimum Gasteiger partial charge on any atom is -0.444 e. The van der Waals surface area contributed by atoms with Crippen LogP contribution in [-0.4, -0.2) is 72.3 Å². The number of ether oxygens (including phenoxy) is 2. The van der Waals surface area contributed by atoms with Gasteiger partial charge in [-0.15, -0.1) is 0 Å². The van der Waals surface area contributed by atoms with Crippen molar-refractivity contribution in [3.8, 4) is 0 Å². The van der Waals surface area contributed by atoms with Crippen molar-refractivity contribution in [2.24, 2.45) is 5.92 Å². The zero-order chi connectivity index (χ0) is 23.8. The highest BCUT2D eigenvalue weighted by Crippen LogP contribution is 2.47. The summed E-state index contributed by atoms with van der Waals surface area (Å²) in [6, 6.07) is 0. The number of alkyl halides is 6. The third-order valence-corrected chi connectivity index (χ3v) is 4.83. The number of amides is 1. The smallest absolute Gasteiger partial charge is 0.438 e. The maximum absolute atomic E-state index is 13.2. The molecule has 0 unspecified atom stereocenters. The first-order valence-electron chi connectivity index (χ1n) is 8.48. The van der Waals surface area contributed by atoms with Gasteiger partial charge in [-0.25, -0.2) is 4.79 Å². The maximum Gasteiger partial charge on any atom is 0.438 e. The number of hydrogen-bond donors (Lipinski definition) is 1. The largest absolute Gasteiger partial charge is 0.444 e. The Balaban J connectivity index is 3.01. The minimum absolute atomic E-state index is 0.210. The molecule has 176 valence electrons. The number of likely N-dealkylation sites (tertiary alicyclic amines) is 1. The van der Waals surface area contributed by atoms with Crippen LogP contribution in [0.2, 0.25) is 0 Å². The summed E-state index contributed by atoms with van der Waals surface area (Å²) in [5.41, 5.74) is -6.28. The van der Waals surface area contributed by atoms with Crippen molar-refractivity contribution >= 4 is 22.2 Å². The number of carbonyl (C=O) groups excluding carboxylic acids is 2. The van der Waals surface area contributed by atoms with Gasteiger partial charge in [-0.3, -0.25) is 9.35 Å². The lowest BCUT2D eigenvalue weighted by molar-refractivity contribution is -0.362. The van der Waals surface area contributed by atoms with Crippen LogP contribution in [0.25, 0.3) is 0 Å². The summed E-state index contributed by atoms with van der Waals surface area (Å²) < 4.78 is 118. The van der Waals surface area contributed by atoms with E-state index in [1.54, 1.807) is 20.8 Å². The molecule has 1 heterocycles. The van der Waals surface area contributed by atoms with Crippen molar-refractivity contribution in [1.82, 2.24) is 4.90 Å². The number of esters is 1. The van der Waals surface area contributed by atoms with Crippen LogP contribution in [0.15, 0.2) is 0 Å². The van der Waals surface area contributed by atoms with Gasteiger partial charge in [0.25, 0.3) is 10.1 Å². The van der Waals surface area contributed by atoms with Gasteiger partial charge >= 0.3 is 30.0 Å². The number of halogens is 6. The molecule has 0 spiro atoms. The monoisotopic (exact) mass is 473 g/mol. The second-order valence-corrected chi connectivity index (χ2v) is 9.16. The quantitative estimate of drug-likeness (QED) is 0.380. The van der Waals surface area contributed by atoms with Gasteiger partial charge in [0, 0.05) is 13.1 Å². The van der Waals surface area contributed by atoms with E-state index >= 15 is 0 Å². The molecule has 1 aliphatic heterocycles. The summed E-state index contributed by atoms with van der Waals surface area (Å²) in [6.07, 6.45) is -14.2. The molecule has 8 nitrogen and oxygen atoms in total. The molecular formula is C15H21F6NO7S. The van der Waals surface area contributed by atoms with E-state index in [0.717, 1.165) is 4.90 Å². The Morgan fingerprint density at radius 3 is 1.73 bits per heavy atom. The second-order valence-electron chi connectivity index (χ2n) is 7.71. The predicted molar refractivity (Wildman–Crippen MR) is 87.9 cm³/mol. The first-order valence-corrected chi connectivity index (χ1v) is 10.1. The highest BCUT2D eigenvalue weighted by atomic mass is 32.2. The fraction of sp³-hybridized carbons (Fsp3) is 0.867. The summed E-state index contributed by atoms with van der Waals surface area (Å²) in [5, 5.41) is 0. The average molecular weight is 473 g/mol. The topological polar surface area (TPSA) is 110 Å². The van der Waals surface area contributed by atoms with Crippen molar-refractivity contribution < 1.29 is 58.4 Å². The van der Waals surface area contributed by atoms with Crippen molar-refractivity contribution in [1.29, 1.82) is 0 Å². The van der Waals surface area contributed by atoms with Crippen LogP contribution in [0.5, 0.6) is 0 Å². The summed E-state index contributed by atoms with van der Waals surface area (Å²) in [7, 11) is -5.85. The molecule has 1 N–H and O–H groups in total. The third kappa shape index (κ3) is 6.62.